The van der Waals surface area contributed by atoms with Gasteiger partial charge in [0.15, 0.2) is 17.2 Å². The zero-order valence-electron chi connectivity index (χ0n) is 13.9. The molecule has 0 unspecified atom stereocenters. The molecule has 0 saturated heterocycles. The molecule has 0 fully saturated rings. The van der Waals surface area contributed by atoms with Crippen LogP contribution in [0.2, 0.25) is 0 Å². The summed E-state index contributed by atoms with van der Waals surface area (Å²) in [5, 5.41) is 2.67. The topological polar surface area (TPSA) is 68.0 Å². The average molecular weight is 365 g/mol. The van der Waals surface area contributed by atoms with Gasteiger partial charge in [-0.3, -0.25) is 9.78 Å². The van der Waals surface area contributed by atoms with E-state index in [4.69, 9.17) is 4.42 Å². The molecule has 5 nitrogen and oxygen atoms in total. The lowest BCUT2D eigenvalue weighted by Gasteiger charge is -2.06. The Bertz CT molecular complexity index is 1130. The van der Waals surface area contributed by atoms with Gasteiger partial charge in [0.25, 0.3) is 5.91 Å². The first-order chi connectivity index (χ1) is 13.1. The van der Waals surface area contributed by atoms with Crippen LogP contribution in [0.25, 0.3) is 22.7 Å². The van der Waals surface area contributed by atoms with Gasteiger partial charge >= 0.3 is 0 Å². The van der Waals surface area contributed by atoms with E-state index in [9.17, 15) is 13.6 Å². The normalized spacial score (nSPS) is 10.9. The molecule has 7 heteroatoms. The summed E-state index contributed by atoms with van der Waals surface area (Å²) in [7, 11) is 0. The lowest BCUT2D eigenvalue weighted by Crippen LogP contribution is -2.22. The van der Waals surface area contributed by atoms with E-state index >= 15 is 0 Å². The monoisotopic (exact) mass is 365 g/mol. The van der Waals surface area contributed by atoms with Gasteiger partial charge in [-0.15, -0.1) is 0 Å². The fourth-order valence-corrected chi connectivity index (χ4v) is 2.60. The summed E-state index contributed by atoms with van der Waals surface area (Å²) < 4.78 is 31.8. The zero-order chi connectivity index (χ0) is 18.8. The molecule has 1 N–H and O–H groups in total. The molecule has 0 aliphatic rings. The third-order valence-electron chi connectivity index (χ3n) is 3.97. The van der Waals surface area contributed by atoms with E-state index in [0.29, 0.717) is 33.8 Å². The lowest BCUT2D eigenvalue weighted by molar-refractivity contribution is 0.0951. The quantitative estimate of drug-likeness (QED) is 0.591. The van der Waals surface area contributed by atoms with Crippen molar-refractivity contribution in [3.05, 3.63) is 83.6 Å². The number of oxazole rings is 1. The Morgan fingerprint density at radius 2 is 1.93 bits per heavy atom. The fourth-order valence-electron chi connectivity index (χ4n) is 2.60. The summed E-state index contributed by atoms with van der Waals surface area (Å²) >= 11 is 0. The Balaban J connectivity index is 1.52. The number of amides is 1. The van der Waals surface area contributed by atoms with Gasteiger partial charge in [0, 0.05) is 18.3 Å². The van der Waals surface area contributed by atoms with Crippen molar-refractivity contribution < 1.29 is 18.0 Å². The van der Waals surface area contributed by atoms with Crippen molar-refractivity contribution in [1.29, 1.82) is 0 Å². The molecule has 0 aliphatic heterocycles. The van der Waals surface area contributed by atoms with Crippen LogP contribution in [-0.4, -0.2) is 15.9 Å². The van der Waals surface area contributed by atoms with Gasteiger partial charge in [-0.25, -0.2) is 13.8 Å². The first-order valence-corrected chi connectivity index (χ1v) is 8.14. The molecule has 4 aromatic rings. The maximum Gasteiger partial charge on any atom is 0.251 e. The summed E-state index contributed by atoms with van der Waals surface area (Å²) in [6.07, 6.45) is 1.64. The molecule has 0 radical (unpaired) electrons. The van der Waals surface area contributed by atoms with Crippen LogP contribution in [0.5, 0.6) is 0 Å². The number of fused-ring (bicyclic) bond motifs is 1. The third-order valence-corrected chi connectivity index (χ3v) is 3.97. The Kier molecular flexibility index (Phi) is 4.33. The molecule has 0 spiro atoms. The molecule has 2 heterocycles. The number of pyridine rings is 1. The highest BCUT2D eigenvalue weighted by Gasteiger charge is 2.12. The molecule has 2 aromatic carbocycles. The summed E-state index contributed by atoms with van der Waals surface area (Å²) in [6.45, 7) is 0.0755. The largest absolute Gasteiger partial charge is 0.435 e. The Hall–Kier alpha value is -3.61. The molecule has 0 bridgehead atoms. The number of nitrogens with zero attached hydrogens (tertiary/aromatic N) is 2. The number of carbonyl (C=O) groups excluding carboxylic acids is 1. The predicted octanol–water partition coefficient (Wildman–Crippen LogP) is 4.10. The zero-order valence-corrected chi connectivity index (χ0v) is 13.9. The molecule has 0 aliphatic carbocycles. The number of benzene rings is 2. The van der Waals surface area contributed by atoms with Crippen molar-refractivity contribution in [1.82, 2.24) is 15.3 Å². The number of carbonyl (C=O) groups is 1. The summed E-state index contributed by atoms with van der Waals surface area (Å²) in [5.41, 5.74) is 2.50. The fraction of sp³-hybridized carbons (Fsp3) is 0.0500. The number of halogens is 2. The van der Waals surface area contributed by atoms with E-state index in [2.05, 4.69) is 15.3 Å². The van der Waals surface area contributed by atoms with Crippen molar-refractivity contribution in [3.63, 3.8) is 0 Å². The summed E-state index contributed by atoms with van der Waals surface area (Å²) in [5.74, 6) is -1.87. The second kappa shape index (κ2) is 6.95. The van der Waals surface area contributed by atoms with Crippen LogP contribution < -0.4 is 5.32 Å². The van der Waals surface area contributed by atoms with E-state index in [1.54, 1.807) is 36.5 Å². The van der Waals surface area contributed by atoms with Crippen molar-refractivity contribution in [3.8, 4) is 11.6 Å². The van der Waals surface area contributed by atoms with Crippen LogP contribution in [0, 0.1) is 11.6 Å². The third kappa shape index (κ3) is 3.52. The highest BCUT2D eigenvalue weighted by Crippen LogP contribution is 2.23. The minimum atomic E-state index is -0.951. The van der Waals surface area contributed by atoms with Crippen LogP contribution in [-0.2, 0) is 6.54 Å². The maximum absolute atomic E-state index is 13.2. The summed E-state index contributed by atoms with van der Waals surface area (Å²) in [4.78, 5) is 20.9. The number of rotatable bonds is 4. The van der Waals surface area contributed by atoms with E-state index in [-0.39, 0.29) is 12.5 Å². The van der Waals surface area contributed by atoms with E-state index in [0.717, 1.165) is 12.1 Å². The van der Waals surface area contributed by atoms with Crippen LogP contribution in [0.1, 0.15) is 15.9 Å². The first kappa shape index (κ1) is 16.8. The minimum Gasteiger partial charge on any atom is -0.435 e. The molecule has 1 amide bonds. The van der Waals surface area contributed by atoms with E-state index in [1.165, 1.54) is 6.07 Å². The average Bonchev–Trinajstić information content (AvgIpc) is 3.12. The van der Waals surface area contributed by atoms with Crippen molar-refractivity contribution >= 4 is 17.0 Å². The second-order valence-electron chi connectivity index (χ2n) is 5.85. The standard InChI is InChI=1S/C20H13F2N3O2/c21-14-6-4-12(9-15(14)22)11-24-19(26)13-5-7-18-17(10-13)25-20(27-18)16-3-1-2-8-23-16/h1-10H,11H2,(H,24,26). The van der Waals surface area contributed by atoms with Gasteiger partial charge in [0.05, 0.1) is 0 Å². The summed E-state index contributed by atoms with van der Waals surface area (Å²) in [6, 6.07) is 13.8. The van der Waals surface area contributed by atoms with Crippen LogP contribution in [0.3, 0.4) is 0 Å². The predicted molar refractivity (Wildman–Crippen MR) is 94.8 cm³/mol. The van der Waals surface area contributed by atoms with Crippen molar-refractivity contribution in [2.24, 2.45) is 0 Å². The van der Waals surface area contributed by atoms with Gasteiger partial charge in [-0.1, -0.05) is 12.1 Å². The number of hydrogen-bond acceptors (Lipinski definition) is 4. The molecule has 134 valence electrons. The molecule has 2 aromatic heterocycles. The first-order valence-electron chi connectivity index (χ1n) is 8.14. The lowest BCUT2D eigenvalue weighted by atomic mass is 10.1. The van der Waals surface area contributed by atoms with Gasteiger partial charge in [0.1, 0.15) is 11.2 Å². The molecule has 4 rings (SSSR count). The Morgan fingerprint density at radius 3 is 2.70 bits per heavy atom. The molecular formula is C20H13F2N3O2. The van der Waals surface area contributed by atoms with Gasteiger partial charge in [-0.2, -0.15) is 0 Å². The smallest absolute Gasteiger partial charge is 0.251 e. The molecule has 27 heavy (non-hydrogen) atoms. The minimum absolute atomic E-state index is 0.0755. The second-order valence-corrected chi connectivity index (χ2v) is 5.85. The van der Waals surface area contributed by atoms with Crippen molar-refractivity contribution in [2.45, 2.75) is 6.54 Å². The van der Waals surface area contributed by atoms with Gasteiger partial charge in [-0.05, 0) is 48.0 Å². The van der Waals surface area contributed by atoms with Crippen molar-refractivity contribution in [2.75, 3.05) is 0 Å². The number of aromatic nitrogens is 2. The van der Waals surface area contributed by atoms with Crippen LogP contribution >= 0.6 is 0 Å². The Morgan fingerprint density at radius 1 is 1.04 bits per heavy atom. The van der Waals surface area contributed by atoms with Gasteiger partial charge in [0.2, 0.25) is 5.89 Å². The number of hydrogen-bond donors (Lipinski definition) is 1. The highest BCUT2D eigenvalue weighted by atomic mass is 19.2. The van der Waals surface area contributed by atoms with Crippen LogP contribution in [0.4, 0.5) is 8.78 Å². The van der Waals surface area contributed by atoms with Crippen LogP contribution in [0.15, 0.2) is 65.2 Å². The SMILES string of the molecule is O=C(NCc1ccc(F)c(F)c1)c1ccc2oc(-c3ccccn3)nc2c1. The van der Waals surface area contributed by atoms with E-state index < -0.39 is 11.6 Å². The molecule has 0 atom stereocenters. The molecular weight excluding hydrogens is 352 g/mol. The Labute approximate surface area is 152 Å². The number of nitrogens with one attached hydrogen (secondary N) is 1. The highest BCUT2D eigenvalue weighted by molar-refractivity contribution is 5.97. The van der Waals surface area contributed by atoms with E-state index in [1.807, 2.05) is 6.07 Å². The van der Waals surface area contributed by atoms with Gasteiger partial charge < -0.3 is 9.73 Å². The molecule has 0 saturated carbocycles. The maximum atomic E-state index is 13.2.